The van der Waals surface area contributed by atoms with E-state index < -0.39 is 0 Å². The summed E-state index contributed by atoms with van der Waals surface area (Å²) < 4.78 is 5.50. The third-order valence-electron chi connectivity index (χ3n) is 5.12. The van der Waals surface area contributed by atoms with Gasteiger partial charge >= 0.3 is 0 Å². The lowest BCUT2D eigenvalue weighted by molar-refractivity contribution is 0.0959. The minimum absolute atomic E-state index is 0.475. The molecular formula is C16H26N2OS. The summed E-state index contributed by atoms with van der Waals surface area (Å²) in [5, 5.41) is 2.18. The number of rotatable bonds is 5. The van der Waals surface area contributed by atoms with Crippen molar-refractivity contribution >= 4 is 11.3 Å². The predicted octanol–water partition coefficient (Wildman–Crippen LogP) is 2.54. The first kappa shape index (κ1) is 14.5. The summed E-state index contributed by atoms with van der Waals surface area (Å²) in [5.41, 5.74) is 0.475. The molecule has 2 fully saturated rings. The second-order valence-electron chi connectivity index (χ2n) is 6.38. The number of likely N-dealkylation sites (tertiary alicyclic amines) is 2. The molecule has 20 heavy (non-hydrogen) atoms. The second kappa shape index (κ2) is 6.14. The molecular weight excluding hydrogens is 268 g/mol. The molecule has 3 nitrogen and oxygen atoms in total. The van der Waals surface area contributed by atoms with Gasteiger partial charge < -0.3 is 9.64 Å². The highest BCUT2D eigenvalue weighted by Gasteiger charge is 2.49. The molecule has 2 saturated heterocycles. The standard InChI is InChI=1S/C16H26N2OS/c1-3-17-9-14(11-19-2)16(12-17)6-7-18(13-16)10-15-5-4-8-20-15/h4-5,8,14H,3,6-7,9-13H2,1-2H3/t14-,16-/m0/s1. The summed E-state index contributed by atoms with van der Waals surface area (Å²) in [6.45, 7) is 10.5. The van der Waals surface area contributed by atoms with Gasteiger partial charge in [-0.3, -0.25) is 4.90 Å². The van der Waals surface area contributed by atoms with Crippen LogP contribution in [-0.4, -0.2) is 56.2 Å². The Morgan fingerprint density at radius 1 is 1.40 bits per heavy atom. The Morgan fingerprint density at radius 2 is 2.25 bits per heavy atom. The fraction of sp³-hybridized carbons (Fsp3) is 0.750. The lowest BCUT2D eigenvalue weighted by Crippen LogP contribution is -2.36. The third-order valence-corrected chi connectivity index (χ3v) is 5.98. The van der Waals surface area contributed by atoms with E-state index in [9.17, 15) is 0 Å². The van der Waals surface area contributed by atoms with E-state index in [4.69, 9.17) is 4.74 Å². The first-order valence-corrected chi connectivity index (χ1v) is 8.60. The normalized spacial score (nSPS) is 31.6. The van der Waals surface area contributed by atoms with Crippen molar-refractivity contribution in [2.75, 3.05) is 46.4 Å². The maximum atomic E-state index is 5.50. The maximum Gasteiger partial charge on any atom is 0.0509 e. The number of ether oxygens (including phenoxy) is 1. The van der Waals surface area contributed by atoms with Gasteiger partial charge in [-0.15, -0.1) is 11.3 Å². The molecule has 2 atom stereocenters. The number of hydrogen-bond donors (Lipinski definition) is 0. The Morgan fingerprint density at radius 3 is 2.95 bits per heavy atom. The van der Waals surface area contributed by atoms with Crippen LogP contribution >= 0.6 is 11.3 Å². The molecule has 0 unspecified atom stereocenters. The van der Waals surface area contributed by atoms with E-state index in [2.05, 4.69) is 34.2 Å². The maximum absolute atomic E-state index is 5.50. The fourth-order valence-electron chi connectivity index (χ4n) is 4.02. The average Bonchev–Trinajstić information content (AvgIpc) is 3.15. The van der Waals surface area contributed by atoms with Gasteiger partial charge in [-0.1, -0.05) is 13.0 Å². The number of hydrogen-bond acceptors (Lipinski definition) is 4. The van der Waals surface area contributed by atoms with Crippen molar-refractivity contribution < 1.29 is 4.74 Å². The largest absolute Gasteiger partial charge is 0.384 e. The second-order valence-corrected chi connectivity index (χ2v) is 7.41. The van der Waals surface area contributed by atoms with Crippen LogP contribution in [0.1, 0.15) is 18.2 Å². The number of methoxy groups -OCH3 is 1. The van der Waals surface area contributed by atoms with Crippen molar-refractivity contribution in [3.05, 3.63) is 22.4 Å². The van der Waals surface area contributed by atoms with E-state index in [0.717, 1.165) is 13.2 Å². The molecule has 0 amide bonds. The Balaban J connectivity index is 1.66. The molecule has 1 aromatic heterocycles. The smallest absolute Gasteiger partial charge is 0.0509 e. The van der Waals surface area contributed by atoms with Gasteiger partial charge in [0.25, 0.3) is 0 Å². The monoisotopic (exact) mass is 294 g/mol. The predicted molar refractivity (Wildman–Crippen MR) is 84.1 cm³/mol. The van der Waals surface area contributed by atoms with Crippen molar-refractivity contribution in [1.82, 2.24) is 9.80 Å². The molecule has 0 aliphatic carbocycles. The van der Waals surface area contributed by atoms with Crippen LogP contribution in [0.3, 0.4) is 0 Å². The molecule has 0 bridgehead atoms. The molecule has 0 radical (unpaired) electrons. The molecule has 2 aliphatic heterocycles. The topological polar surface area (TPSA) is 15.7 Å². The van der Waals surface area contributed by atoms with Crippen molar-refractivity contribution in [2.24, 2.45) is 11.3 Å². The molecule has 0 aromatic carbocycles. The fourth-order valence-corrected chi connectivity index (χ4v) is 4.77. The van der Waals surface area contributed by atoms with Crippen LogP contribution in [0.5, 0.6) is 0 Å². The van der Waals surface area contributed by atoms with E-state index in [1.54, 1.807) is 0 Å². The first-order chi connectivity index (χ1) is 9.75. The van der Waals surface area contributed by atoms with Crippen LogP contribution in [0.25, 0.3) is 0 Å². The minimum atomic E-state index is 0.475. The van der Waals surface area contributed by atoms with Gasteiger partial charge in [-0.25, -0.2) is 0 Å². The summed E-state index contributed by atoms with van der Waals surface area (Å²) in [7, 11) is 1.85. The molecule has 1 aromatic rings. The van der Waals surface area contributed by atoms with Crippen molar-refractivity contribution in [2.45, 2.75) is 19.9 Å². The van der Waals surface area contributed by atoms with Crippen LogP contribution in [0, 0.1) is 11.3 Å². The zero-order chi connectivity index (χ0) is 14.0. The van der Waals surface area contributed by atoms with E-state index in [1.807, 2.05) is 18.4 Å². The highest BCUT2D eigenvalue weighted by atomic mass is 32.1. The Kier molecular flexibility index (Phi) is 4.46. The SMILES string of the molecule is CCN1C[C@@H](COC)[C@@]2(CCN(Cc3cccs3)C2)C1. The third kappa shape index (κ3) is 2.80. The molecule has 112 valence electrons. The van der Waals surface area contributed by atoms with Crippen LogP contribution in [0.2, 0.25) is 0 Å². The average molecular weight is 294 g/mol. The van der Waals surface area contributed by atoms with Crippen LogP contribution < -0.4 is 0 Å². The van der Waals surface area contributed by atoms with Gasteiger partial charge in [0.1, 0.15) is 0 Å². The highest BCUT2D eigenvalue weighted by molar-refractivity contribution is 7.09. The molecule has 1 spiro atoms. The van der Waals surface area contributed by atoms with Gasteiger partial charge in [0.15, 0.2) is 0 Å². The lowest BCUT2D eigenvalue weighted by atomic mass is 9.78. The zero-order valence-corrected chi connectivity index (χ0v) is 13.5. The van der Waals surface area contributed by atoms with Gasteiger partial charge in [-0.05, 0) is 31.0 Å². The van der Waals surface area contributed by atoms with Gasteiger partial charge in [-0.2, -0.15) is 0 Å². The van der Waals surface area contributed by atoms with E-state index >= 15 is 0 Å². The molecule has 4 heteroatoms. The Hall–Kier alpha value is -0.420. The summed E-state index contributed by atoms with van der Waals surface area (Å²) >= 11 is 1.88. The molecule has 3 rings (SSSR count). The molecule has 3 heterocycles. The van der Waals surface area contributed by atoms with Crippen molar-refractivity contribution in [1.29, 1.82) is 0 Å². The summed E-state index contributed by atoms with van der Waals surface area (Å²) in [6, 6.07) is 4.42. The molecule has 0 saturated carbocycles. The van der Waals surface area contributed by atoms with Crippen molar-refractivity contribution in [3.63, 3.8) is 0 Å². The van der Waals surface area contributed by atoms with Crippen LogP contribution in [0.15, 0.2) is 17.5 Å². The Labute approximate surface area is 126 Å². The first-order valence-electron chi connectivity index (χ1n) is 7.72. The van der Waals surface area contributed by atoms with Gasteiger partial charge in [0, 0.05) is 49.5 Å². The van der Waals surface area contributed by atoms with Gasteiger partial charge in [0.05, 0.1) is 6.61 Å². The summed E-state index contributed by atoms with van der Waals surface area (Å²) in [6.07, 6.45) is 1.34. The van der Waals surface area contributed by atoms with E-state index in [-0.39, 0.29) is 0 Å². The van der Waals surface area contributed by atoms with Crippen LogP contribution in [0.4, 0.5) is 0 Å². The van der Waals surface area contributed by atoms with E-state index in [0.29, 0.717) is 11.3 Å². The minimum Gasteiger partial charge on any atom is -0.384 e. The van der Waals surface area contributed by atoms with Gasteiger partial charge in [0.2, 0.25) is 0 Å². The van der Waals surface area contributed by atoms with Crippen molar-refractivity contribution in [3.8, 4) is 0 Å². The van der Waals surface area contributed by atoms with Crippen LogP contribution in [-0.2, 0) is 11.3 Å². The highest BCUT2D eigenvalue weighted by Crippen LogP contribution is 2.44. The summed E-state index contributed by atoms with van der Waals surface area (Å²) in [4.78, 5) is 6.75. The zero-order valence-electron chi connectivity index (χ0n) is 12.7. The number of thiophene rings is 1. The lowest BCUT2D eigenvalue weighted by Gasteiger charge is -2.30. The molecule has 0 N–H and O–H groups in total. The number of nitrogens with zero attached hydrogens (tertiary/aromatic N) is 2. The Bertz CT molecular complexity index is 422. The van der Waals surface area contributed by atoms with E-state index in [1.165, 1.54) is 44.0 Å². The summed E-state index contributed by atoms with van der Waals surface area (Å²) in [5.74, 6) is 0.709. The quantitative estimate of drug-likeness (QED) is 0.830. The molecule has 2 aliphatic rings.